The van der Waals surface area contributed by atoms with Crippen LogP contribution in [0.1, 0.15) is 25.0 Å². The van der Waals surface area contributed by atoms with Crippen molar-refractivity contribution in [1.82, 2.24) is 10.2 Å². The molecule has 0 spiro atoms. The van der Waals surface area contributed by atoms with Crippen LogP contribution in [0.25, 0.3) is 0 Å². The molecule has 1 rings (SSSR count). The molecule has 4 heteroatoms. The summed E-state index contributed by atoms with van der Waals surface area (Å²) in [6, 6.07) is 9.65. The highest BCUT2D eigenvalue weighted by Gasteiger charge is 2.09. The largest absolute Gasteiger partial charge is 0.340 e. The molecule has 0 atom stereocenters. The first-order valence-corrected chi connectivity index (χ1v) is 5.99. The Hall–Kier alpha value is -1.86. The summed E-state index contributed by atoms with van der Waals surface area (Å²) in [6.45, 7) is 4.93. The Morgan fingerprint density at radius 2 is 2.00 bits per heavy atom. The van der Waals surface area contributed by atoms with Crippen molar-refractivity contribution in [2.24, 2.45) is 0 Å². The minimum absolute atomic E-state index is 0.0630. The van der Waals surface area contributed by atoms with Gasteiger partial charge in [0.05, 0.1) is 18.2 Å². The van der Waals surface area contributed by atoms with E-state index in [0.29, 0.717) is 24.7 Å². The Labute approximate surface area is 108 Å². The SMILES string of the molecule is CC(C)NCC(=O)N(C)Cc1ccc(C#N)cc1. The number of rotatable bonds is 5. The fourth-order valence-electron chi connectivity index (χ4n) is 1.47. The van der Waals surface area contributed by atoms with Crippen molar-refractivity contribution in [3.63, 3.8) is 0 Å². The molecule has 0 saturated heterocycles. The van der Waals surface area contributed by atoms with Crippen LogP contribution in [-0.2, 0) is 11.3 Å². The molecule has 1 aromatic carbocycles. The lowest BCUT2D eigenvalue weighted by molar-refractivity contribution is -0.129. The van der Waals surface area contributed by atoms with Gasteiger partial charge in [0, 0.05) is 19.6 Å². The lowest BCUT2D eigenvalue weighted by Crippen LogP contribution is -2.37. The molecule has 0 aliphatic carbocycles. The first-order chi connectivity index (χ1) is 8.52. The van der Waals surface area contributed by atoms with Gasteiger partial charge in [-0.1, -0.05) is 26.0 Å². The summed E-state index contributed by atoms with van der Waals surface area (Å²) in [4.78, 5) is 13.5. The molecule has 96 valence electrons. The number of carbonyl (C=O) groups excluding carboxylic acids is 1. The first-order valence-electron chi connectivity index (χ1n) is 5.99. The minimum atomic E-state index is 0.0630. The third-order valence-corrected chi connectivity index (χ3v) is 2.59. The molecule has 0 unspecified atom stereocenters. The monoisotopic (exact) mass is 245 g/mol. The Kier molecular flexibility index (Phi) is 5.34. The van der Waals surface area contributed by atoms with E-state index in [1.807, 2.05) is 26.0 Å². The van der Waals surface area contributed by atoms with Gasteiger partial charge in [-0.15, -0.1) is 0 Å². The van der Waals surface area contributed by atoms with Crippen molar-refractivity contribution in [3.8, 4) is 6.07 Å². The fourth-order valence-corrected chi connectivity index (χ4v) is 1.47. The second-order valence-corrected chi connectivity index (χ2v) is 4.59. The topological polar surface area (TPSA) is 56.1 Å². The van der Waals surface area contributed by atoms with Gasteiger partial charge >= 0.3 is 0 Å². The molecule has 0 bridgehead atoms. The van der Waals surface area contributed by atoms with E-state index in [9.17, 15) is 4.79 Å². The summed E-state index contributed by atoms with van der Waals surface area (Å²) in [5.74, 6) is 0.0630. The zero-order chi connectivity index (χ0) is 13.5. The van der Waals surface area contributed by atoms with Gasteiger partial charge in [0.2, 0.25) is 5.91 Å². The lowest BCUT2D eigenvalue weighted by Gasteiger charge is -2.18. The highest BCUT2D eigenvalue weighted by atomic mass is 16.2. The van der Waals surface area contributed by atoms with E-state index in [0.717, 1.165) is 5.56 Å². The van der Waals surface area contributed by atoms with Crippen LogP contribution in [0.5, 0.6) is 0 Å². The molecule has 1 amide bonds. The average molecular weight is 245 g/mol. The fraction of sp³-hybridized carbons (Fsp3) is 0.429. The molecular formula is C14H19N3O. The van der Waals surface area contributed by atoms with Crippen molar-refractivity contribution in [1.29, 1.82) is 5.26 Å². The second kappa shape index (κ2) is 6.77. The van der Waals surface area contributed by atoms with Gasteiger partial charge in [0.15, 0.2) is 0 Å². The Bertz CT molecular complexity index is 431. The van der Waals surface area contributed by atoms with E-state index < -0.39 is 0 Å². The van der Waals surface area contributed by atoms with Crippen molar-refractivity contribution < 1.29 is 4.79 Å². The Morgan fingerprint density at radius 3 is 2.50 bits per heavy atom. The normalized spacial score (nSPS) is 10.2. The van der Waals surface area contributed by atoms with Crippen LogP contribution in [-0.4, -0.2) is 30.4 Å². The van der Waals surface area contributed by atoms with Gasteiger partial charge in [-0.2, -0.15) is 5.26 Å². The standard InChI is InChI=1S/C14H19N3O/c1-11(2)16-9-14(18)17(3)10-13-6-4-12(8-15)5-7-13/h4-7,11,16H,9-10H2,1-3H3. The second-order valence-electron chi connectivity index (χ2n) is 4.59. The maximum absolute atomic E-state index is 11.8. The summed E-state index contributed by atoms with van der Waals surface area (Å²) >= 11 is 0. The summed E-state index contributed by atoms with van der Waals surface area (Å²) in [5.41, 5.74) is 1.66. The molecule has 18 heavy (non-hydrogen) atoms. The third kappa shape index (κ3) is 4.56. The zero-order valence-corrected chi connectivity index (χ0v) is 11.1. The molecule has 1 aromatic rings. The number of benzene rings is 1. The van der Waals surface area contributed by atoms with Crippen LogP contribution in [0.15, 0.2) is 24.3 Å². The van der Waals surface area contributed by atoms with Crippen molar-refractivity contribution in [2.45, 2.75) is 26.4 Å². The summed E-state index contributed by atoms with van der Waals surface area (Å²) < 4.78 is 0. The molecule has 0 aromatic heterocycles. The van der Waals surface area contributed by atoms with E-state index in [2.05, 4.69) is 11.4 Å². The summed E-state index contributed by atoms with van der Waals surface area (Å²) in [6.07, 6.45) is 0. The van der Waals surface area contributed by atoms with Gasteiger partial charge in [0.1, 0.15) is 0 Å². The number of nitrogens with zero attached hydrogens (tertiary/aromatic N) is 2. The van der Waals surface area contributed by atoms with E-state index in [1.54, 1.807) is 24.1 Å². The maximum Gasteiger partial charge on any atom is 0.236 e. The van der Waals surface area contributed by atoms with E-state index in [-0.39, 0.29) is 5.91 Å². The van der Waals surface area contributed by atoms with Crippen LogP contribution in [0.3, 0.4) is 0 Å². The Balaban J connectivity index is 2.50. The molecule has 0 aliphatic heterocycles. The van der Waals surface area contributed by atoms with Crippen LogP contribution >= 0.6 is 0 Å². The van der Waals surface area contributed by atoms with Gasteiger partial charge in [-0.05, 0) is 17.7 Å². The quantitative estimate of drug-likeness (QED) is 0.855. The first kappa shape index (κ1) is 14.2. The summed E-state index contributed by atoms with van der Waals surface area (Å²) in [7, 11) is 1.78. The number of likely N-dealkylation sites (N-methyl/N-ethyl adjacent to an activating group) is 1. The zero-order valence-electron chi connectivity index (χ0n) is 11.1. The molecular weight excluding hydrogens is 226 g/mol. The van der Waals surface area contributed by atoms with Gasteiger partial charge in [-0.3, -0.25) is 4.79 Å². The molecule has 1 N–H and O–H groups in total. The smallest absolute Gasteiger partial charge is 0.236 e. The molecule has 0 saturated carbocycles. The number of amides is 1. The molecule has 0 aliphatic rings. The Morgan fingerprint density at radius 1 is 1.39 bits per heavy atom. The number of hydrogen-bond acceptors (Lipinski definition) is 3. The molecule has 0 heterocycles. The van der Waals surface area contributed by atoms with Gasteiger partial charge < -0.3 is 10.2 Å². The number of hydrogen-bond donors (Lipinski definition) is 1. The van der Waals surface area contributed by atoms with E-state index in [4.69, 9.17) is 5.26 Å². The molecule has 4 nitrogen and oxygen atoms in total. The van der Waals surface area contributed by atoms with Crippen LogP contribution in [0, 0.1) is 11.3 Å². The summed E-state index contributed by atoms with van der Waals surface area (Å²) in [5, 5.41) is 11.8. The van der Waals surface area contributed by atoms with Crippen LogP contribution in [0.2, 0.25) is 0 Å². The average Bonchev–Trinajstić information content (AvgIpc) is 2.36. The van der Waals surface area contributed by atoms with Gasteiger partial charge in [-0.25, -0.2) is 0 Å². The lowest BCUT2D eigenvalue weighted by atomic mass is 10.1. The molecule has 0 fully saturated rings. The third-order valence-electron chi connectivity index (χ3n) is 2.59. The van der Waals surface area contributed by atoms with E-state index in [1.165, 1.54) is 0 Å². The van der Waals surface area contributed by atoms with Crippen molar-refractivity contribution >= 4 is 5.91 Å². The predicted molar refractivity (Wildman–Crippen MR) is 70.8 cm³/mol. The highest BCUT2D eigenvalue weighted by molar-refractivity contribution is 5.78. The van der Waals surface area contributed by atoms with E-state index >= 15 is 0 Å². The van der Waals surface area contributed by atoms with Crippen molar-refractivity contribution in [3.05, 3.63) is 35.4 Å². The van der Waals surface area contributed by atoms with Crippen LogP contribution in [0.4, 0.5) is 0 Å². The van der Waals surface area contributed by atoms with Crippen molar-refractivity contribution in [2.75, 3.05) is 13.6 Å². The number of carbonyl (C=O) groups is 1. The van der Waals surface area contributed by atoms with Gasteiger partial charge in [0.25, 0.3) is 0 Å². The molecule has 0 radical (unpaired) electrons. The maximum atomic E-state index is 11.8. The minimum Gasteiger partial charge on any atom is -0.340 e. The highest BCUT2D eigenvalue weighted by Crippen LogP contribution is 2.06. The number of nitriles is 1. The predicted octanol–water partition coefficient (Wildman–Crippen LogP) is 1.51. The number of nitrogens with one attached hydrogen (secondary N) is 1. The van der Waals surface area contributed by atoms with Crippen LogP contribution < -0.4 is 5.32 Å².